The molecular formula is C13H17ClFNO2S. The lowest BCUT2D eigenvalue weighted by atomic mass is 10.1. The van der Waals surface area contributed by atoms with Crippen molar-refractivity contribution in [1.29, 1.82) is 0 Å². The Balaban J connectivity index is 2.11. The topological polar surface area (TPSA) is 37.4 Å². The van der Waals surface area contributed by atoms with Crippen LogP contribution in [0.1, 0.15) is 18.9 Å². The highest BCUT2D eigenvalue weighted by molar-refractivity contribution is 7.91. The van der Waals surface area contributed by atoms with Gasteiger partial charge >= 0.3 is 0 Å². The lowest BCUT2D eigenvalue weighted by molar-refractivity contribution is 0.215. The third-order valence-electron chi connectivity index (χ3n) is 3.52. The fourth-order valence-electron chi connectivity index (χ4n) is 2.43. The van der Waals surface area contributed by atoms with Gasteiger partial charge in [-0.2, -0.15) is 0 Å². The molecule has 1 fully saturated rings. The fourth-order valence-corrected chi connectivity index (χ4v) is 4.42. The van der Waals surface area contributed by atoms with Gasteiger partial charge in [0.15, 0.2) is 9.84 Å². The van der Waals surface area contributed by atoms with Crippen molar-refractivity contribution in [2.45, 2.75) is 25.9 Å². The maximum absolute atomic E-state index is 13.0. The zero-order valence-corrected chi connectivity index (χ0v) is 12.3. The lowest BCUT2D eigenvalue weighted by Gasteiger charge is -2.26. The first-order valence-electron chi connectivity index (χ1n) is 6.29. The standard InChI is InChI=1S/C13H17ClFNO2S/c1-2-16(12-5-6-19(17,18)9-12)8-10-3-4-11(15)7-13(10)14/h3-4,7,12H,2,5-6,8-9H2,1H3. The summed E-state index contributed by atoms with van der Waals surface area (Å²) in [7, 11) is -2.89. The predicted octanol–water partition coefficient (Wildman–Crippen LogP) is 2.49. The van der Waals surface area contributed by atoms with Gasteiger partial charge in [0.25, 0.3) is 0 Å². The summed E-state index contributed by atoms with van der Waals surface area (Å²) < 4.78 is 36.0. The third kappa shape index (κ3) is 3.68. The normalized spacial score (nSPS) is 22.0. The molecule has 0 N–H and O–H groups in total. The van der Waals surface area contributed by atoms with Crippen LogP contribution in [-0.4, -0.2) is 37.4 Å². The summed E-state index contributed by atoms with van der Waals surface area (Å²) in [5.74, 6) is 0.102. The number of sulfone groups is 1. The van der Waals surface area contributed by atoms with E-state index in [2.05, 4.69) is 4.90 Å². The van der Waals surface area contributed by atoms with E-state index in [1.54, 1.807) is 6.07 Å². The molecule has 106 valence electrons. The van der Waals surface area contributed by atoms with Crippen LogP contribution in [0.3, 0.4) is 0 Å². The smallest absolute Gasteiger partial charge is 0.151 e. The second kappa shape index (κ2) is 5.77. The van der Waals surface area contributed by atoms with Crippen LogP contribution in [0.2, 0.25) is 5.02 Å². The molecule has 19 heavy (non-hydrogen) atoms. The summed E-state index contributed by atoms with van der Waals surface area (Å²) in [5, 5.41) is 0.388. The quantitative estimate of drug-likeness (QED) is 0.857. The van der Waals surface area contributed by atoms with E-state index in [0.29, 0.717) is 18.0 Å². The summed E-state index contributed by atoms with van der Waals surface area (Å²) in [6, 6.07) is 4.36. The molecule has 1 aromatic carbocycles. The summed E-state index contributed by atoms with van der Waals surface area (Å²) in [6.07, 6.45) is 0.662. The first-order valence-corrected chi connectivity index (χ1v) is 8.49. The first-order chi connectivity index (χ1) is 8.91. The van der Waals surface area contributed by atoms with E-state index in [1.807, 2.05) is 6.92 Å². The summed E-state index contributed by atoms with van der Waals surface area (Å²) >= 11 is 6.01. The minimum absolute atomic E-state index is 0.0381. The van der Waals surface area contributed by atoms with Crippen LogP contribution in [0.4, 0.5) is 4.39 Å². The fraction of sp³-hybridized carbons (Fsp3) is 0.538. The van der Waals surface area contributed by atoms with E-state index >= 15 is 0 Å². The Bertz CT molecular complexity index is 562. The number of nitrogens with zero attached hydrogens (tertiary/aromatic N) is 1. The molecule has 1 aromatic rings. The highest BCUT2D eigenvalue weighted by Gasteiger charge is 2.31. The minimum atomic E-state index is -2.89. The molecule has 0 bridgehead atoms. The van der Waals surface area contributed by atoms with Crippen molar-refractivity contribution in [1.82, 2.24) is 4.90 Å². The minimum Gasteiger partial charge on any atom is -0.295 e. The SMILES string of the molecule is CCN(Cc1ccc(F)cc1Cl)C1CCS(=O)(=O)C1. The monoisotopic (exact) mass is 305 g/mol. The second-order valence-electron chi connectivity index (χ2n) is 4.86. The number of benzene rings is 1. The van der Waals surface area contributed by atoms with Gasteiger partial charge in [-0.1, -0.05) is 24.6 Å². The molecule has 2 rings (SSSR count). The van der Waals surface area contributed by atoms with Crippen LogP contribution >= 0.6 is 11.6 Å². The van der Waals surface area contributed by atoms with Crippen molar-refractivity contribution in [3.8, 4) is 0 Å². The van der Waals surface area contributed by atoms with E-state index in [1.165, 1.54) is 12.1 Å². The van der Waals surface area contributed by atoms with E-state index in [9.17, 15) is 12.8 Å². The van der Waals surface area contributed by atoms with Gasteiger partial charge in [0.1, 0.15) is 5.82 Å². The van der Waals surface area contributed by atoms with Crippen LogP contribution in [0.15, 0.2) is 18.2 Å². The van der Waals surface area contributed by atoms with Gasteiger partial charge in [-0.25, -0.2) is 12.8 Å². The van der Waals surface area contributed by atoms with Gasteiger partial charge < -0.3 is 0 Å². The molecule has 3 nitrogen and oxygen atoms in total. The van der Waals surface area contributed by atoms with Crippen LogP contribution in [0, 0.1) is 5.82 Å². The maximum atomic E-state index is 13.0. The number of halogens is 2. The Morgan fingerprint density at radius 2 is 2.21 bits per heavy atom. The van der Waals surface area contributed by atoms with Crippen LogP contribution in [0.25, 0.3) is 0 Å². The Kier molecular flexibility index (Phi) is 4.48. The van der Waals surface area contributed by atoms with Crippen molar-refractivity contribution < 1.29 is 12.8 Å². The van der Waals surface area contributed by atoms with E-state index in [0.717, 1.165) is 12.1 Å². The molecule has 0 aromatic heterocycles. The Hall–Kier alpha value is -0.650. The van der Waals surface area contributed by atoms with Gasteiger partial charge in [0.05, 0.1) is 11.5 Å². The largest absolute Gasteiger partial charge is 0.295 e. The molecule has 1 saturated heterocycles. The van der Waals surface area contributed by atoms with Crippen molar-refractivity contribution in [3.05, 3.63) is 34.6 Å². The average Bonchev–Trinajstić information content (AvgIpc) is 2.69. The maximum Gasteiger partial charge on any atom is 0.151 e. The molecule has 1 heterocycles. The third-order valence-corrected chi connectivity index (χ3v) is 5.62. The second-order valence-corrected chi connectivity index (χ2v) is 7.49. The highest BCUT2D eigenvalue weighted by atomic mass is 35.5. The van der Waals surface area contributed by atoms with Crippen LogP contribution in [-0.2, 0) is 16.4 Å². The number of hydrogen-bond donors (Lipinski definition) is 0. The summed E-state index contributed by atoms with van der Waals surface area (Å²) in [5.41, 5.74) is 0.828. The van der Waals surface area contributed by atoms with E-state index in [-0.39, 0.29) is 23.4 Å². The molecule has 1 aliphatic rings. The Morgan fingerprint density at radius 1 is 1.47 bits per heavy atom. The zero-order chi connectivity index (χ0) is 14.0. The molecule has 1 aliphatic heterocycles. The van der Waals surface area contributed by atoms with E-state index in [4.69, 9.17) is 11.6 Å². The average molecular weight is 306 g/mol. The van der Waals surface area contributed by atoms with Crippen molar-refractivity contribution >= 4 is 21.4 Å². The Morgan fingerprint density at radius 3 is 2.74 bits per heavy atom. The predicted molar refractivity (Wildman–Crippen MR) is 74.6 cm³/mol. The van der Waals surface area contributed by atoms with Crippen molar-refractivity contribution in [2.24, 2.45) is 0 Å². The number of rotatable bonds is 4. The lowest BCUT2D eigenvalue weighted by Crippen LogP contribution is -2.35. The van der Waals surface area contributed by atoms with Gasteiger partial charge in [-0.05, 0) is 30.7 Å². The van der Waals surface area contributed by atoms with Crippen molar-refractivity contribution in [3.63, 3.8) is 0 Å². The number of hydrogen-bond acceptors (Lipinski definition) is 3. The summed E-state index contributed by atoms with van der Waals surface area (Å²) in [4.78, 5) is 2.09. The molecular weight excluding hydrogens is 289 g/mol. The molecule has 0 amide bonds. The summed E-state index contributed by atoms with van der Waals surface area (Å²) in [6.45, 7) is 3.28. The van der Waals surface area contributed by atoms with E-state index < -0.39 is 9.84 Å². The zero-order valence-electron chi connectivity index (χ0n) is 10.8. The highest BCUT2D eigenvalue weighted by Crippen LogP contribution is 2.23. The van der Waals surface area contributed by atoms with Crippen LogP contribution < -0.4 is 0 Å². The van der Waals surface area contributed by atoms with Gasteiger partial charge in [-0.15, -0.1) is 0 Å². The Labute approximate surface area is 118 Å². The van der Waals surface area contributed by atoms with Crippen molar-refractivity contribution in [2.75, 3.05) is 18.1 Å². The molecule has 0 radical (unpaired) electrons. The van der Waals surface area contributed by atoms with Gasteiger partial charge in [-0.3, -0.25) is 4.90 Å². The molecule has 1 unspecified atom stereocenters. The molecule has 1 atom stereocenters. The first kappa shape index (κ1) is 14.8. The van der Waals surface area contributed by atoms with Gasteiger partial charge in [0, 0.05) is 17.6 Å². The van der Waals surface area contributed by atoms with Crippen LogP contribution in [0.5, 0.6) is 0 Å². The van der Waals surface area contributed by atoms with Gasteiger partial charge in [0.2, 0.25) is 0 Å². The molecule has 0 spiro atoms. The molecule has 0 aliphatic carbocycles. The molecule has 0 saturated carbocycles. The molecule has 6 heteroatoms.